The molecule has 3 aromatic carbocycles. The Morgan fingerprint density at radius 2 is 0.737 bits per heavy atom. The van der Waals surface area contributed by atoms with E-state index < -0.39 is 41.0 Å². The second kappa shape index (κ2) is 22.8. The molecule has 57 heavy (non-hydrogen) atoms. The molecule has 0 aromatic heterocycles. The van der Waals surface area contributed by atoms with Crippen molar-refractivity contribution in [2.45, 2.75) is 27.7 Å². The predicted molar refractivity (Wildman–Crippen MR) is 206 cm³/mol. The fraction of sp³-hybridized carbons (Fsp3) is 0.250. The van der Waals surface area contributed by atoms with Gasteiger partial charge in [0.25, 0.3) is 5.69 Å². The zero-order chi connectivity index (χ0) is 41.7. The number of carbonyl (C=O) groups is 6. The number of nitro benzene ring substituents is 1. The number of nitrogens with one attached hydrogen (secondary N) is 2. The molecule has 0 radical (unpaired) electrons. The van der Waals surface area contributed by atoms with Crippen LogP contribution in [0.3, 0.4) is 0 Å². The van der Waals surface area contributed by atoms with Crippen LogP contribution in [0.5, 0.6) is 0 Å². The minimum Gasteiger partial charge on any atom is -0.461 e. The number of ether oxygens (including phenoxy) is 6. The van der Waals surface area contributed by atoms with Gasteiger partial charge in [-0.15, -0.1) is 0 Å². The summed E-state index contributed by atoms with van der Waals surface area (Å²) in [5, 5.41) is 16.3. The topological polar surface area (TPSA) is 225 Å². The number of non-ortho nitro benzene ring substituents is 1. The lowest BCUT2D eigenvalue weighted by Gasteiger charge is -2.12. The van der Waals surface area contributed by atoms with Crippen LogP contribution in [0.1, 0.15) is 44.4 Å². The first-order valence-corrected chi connectivity index (χ1v) is 17.1. The first-order chi connectivity index (χ1) is 27.1. The number of hydrogen-bond donors (Lipinski definition) is 2. The summed E-state index contributed by atoms with van der Waals surface area (Å²) in [5.74, 6) is -1.99. The van der Waals surface area contributed by atoms with Gasteiger partial charge in [-0.1, -0.05) is 24.3 Å². The fourth-order valence-corrected chi connectivity index (χ4v) is 4.50. The molecule has 0 saturated heterocycles. The maximum atomic E-state index is 12.7. The lowest BCUT2D eigenvalue weighted by atomic mass is 10.1. The molecule has 0 atom stereocenters. The Bertz CT molecular complexity index is 1850. The third-order valence-corrected chi connectivity index (χ3v) is 7.15. The summed E-state index contributed by atoms with van der Waals surface area (Å²) in [7, 11) is 0. The zero-order valence-electron chi connectivity index (χ0n) is 31.6. The SMILES string of the molecule is CC(=O)OCC(=Cc1ccc(NC(=O)OCC(=Cc2ccc([N+](=O)[O-])cc2)COC(=O)Nc2ccc(C=C(COC(C)=O)COC(C)=O)cc2)cc1)COC(C)=O. The van der Waals surface area contributed by atoms with Crippen molar-refractivity contribution in [3.8, 4) is 0 Å². The van der Waals surface area contributed by atoms with E-state index in [1.807, 2.05) is 0 Å². The zero-order valence-corrected chi connectivity index (χ0v) is 31.6. The monoisotopic (exact) mass is 787 g/mol. The molecule has 0 aliphatic carbocycles. The quantitative estimate of drug-likeness (QED) is 0.0608. The van der Waals surface area contributed by atoms with E-state index in [0.29, 0.717) is 44.8 Å². The van der Waals surface area contributed by atoms with Crippen LogP contribution in [0.2, 0.25) is 0 Å². The van der Waals surface area contributed by atoms with Crippen molar-refractivity contribution in [3.63, 3.8) is 0 Å². The summed E-state index contributed by atoms with van der Waals surface area (Å²) < 4.78 is 30.9. The van der Waals surface area contributed by atoms with Gasteiger partial charge in [0.05, 0.1) is 4.92 Å². The van der Waals surface area contributed by atoms with Gasteiger partial charge in [-0.3, -0.25) is 39.9 Å². The van der Waals surface area contributed by atoms with Crippen molar-refractivity contribution >= 4 is 71.4 Å². The molecule has 0 heterocycles. The number of hydrogen-bond acceptors (Lipinski definition) is 14. The van der Waals surface area contributed by atoms with Gasteiger partial charge in [-0.05, 0) is 71.3 Å². The Labute approximate surface area is 327 Å². The summed E-state index contributed by atoms with van der Waals surface area (Å²) >= 11 is 0. The van der Waals surface area contributed by atoms with Crippen LogP contribution in [0.15, 0.2) is 89.5 Å². The largest absolute Gasteiger partial charge is 0.461 e. The van der Waals surface area contributed by atoms with Crippen LogP contribution in [0.4, 0.5) is 26.7 Å². The van der Waals surface area contributed by atoms with Crippen LogP contribution in [-0.2, 0) is 47.6 Å². The molecule has 0 aliphatic rings. The minimum atomic E-state index is -0.833. The molecule has 3 rings (SSSR count). The third kappa shape index (κ3) is 18.1. The molecule has 0 unspecified atom stereocenters. The average Bonchev–Trinajstić information content (AvgIpc) is 3.16. The molecule has 3 aromatic rings. The standard InChI is InChI=1S/C40H41N3O14/c1-26(44)52-20-33(21-53-27(2)45)17-30-5-11-36(12-6-30)41-39(48)56-24-35(19-32-9-15-38(16-10-32)43(50)51)25-57-40(49)42-37-13-7-31(8-14-37)18-34(22-54-28(3)46)23-55-29(4)47/h5-19H,20-25H2,1-4H3,(H,41,48)(H,42,49). The normalized spacial score (nSPS) is 10.0. The Hall–Kier alpha value is -7.30. The second-order valence-electron chi connectivity index (χ2n) is 12.0. The van der Waals surface area contributed by atoms with E-state index in [-0.39, 0.29) is 45.3 Å². The Balaban J connectivity index is 1.65. The van der Waals surface area contributed by atoms with Crippen molar-refractivity contribution in [3.05, 3.63) is 116 Å². The van der Waals surface area contributed by atoms with Gasteiger partial charge in [0.2, 0.25) is 0 Å². The van der Waals surface area contributed by atoms with E-state index in [9.17, 15) is 38.9 Å². The van der Waals surface area contributed by atoms with E-state index in [4.69, 9.17) is 28.4 Å². The number of carbonyl (C=O) groups excluding carboxylic acids is 6. The molecule has 300 valence electrons. The van der Waals surface area contributed by atoms with Crippen molar-refractivity contribution in [1.82, 2.24) is 0 Å². The second-order valence-corrected chi connectivity index (χ2v) is 12.0. The first-order valence-electron chi connectivity index (χ1n) is 17.1. The maximum absolute atomic E-state index is 12.7. The van der Waals surface area contributed by atoms with Gasteiger partial charge in [-0.25, -0.2) is 9.59 Å². The van der Waals surface area contributed by atoms with Gasteiger partial charge in [-0.2, -0.15) is 0 Å². The number of benzene rings is 3. The summed E-state index contributed by atoms with van der Waals surface area (Å²) in [6, 6.07) is 18.6. The van der Waals surface area contributed by atoms with Crippen LogP contribution >= 0.6 is 0 Å². The lowest BCUT2D eigenvalue weighted by Crippen LogP contribution is -2.19. The summed E-state index contributed by atoms with van der Waals surface area (Å²) in [4.78, 5) is 81.1. The Kier molecular flexibility index (Phi) is 17.6. The molecular weight excluding hydrogens is 746 g/mol. The van der Waals surface area contributed by atoms with E-state index in [1.165, 1.54) is 52.0 Å². The van der Waals surface area contributed by atoms with Gasteiger partial charge >= 0.3 is 36.1 Å². The number of anilines is 2. The van der Waals surface area contributed by atoms with Crippen molar-refractivity contribution in [2.75, 3.05) is 50.3 Å². The van der Waals surface area contributed by atoms with E-state index in [2.05, 4.69) is 10.6 Å². The molecule has 0 saturated carbocycles. The highest BCUT2D eigenvalue weighted by atomic mass is 16.6. The maximum Gasteiger partial charge on any atom is 0.411 e. The molecule has 0 spiro atoms. The lowest BCUT2D eigenvalue weighted by molar-refractivity contribution is -0.384. The molecule has 2 amide bonds. The number of nitrogens with zero attached hydrogens (tertiary/aromatic N) is 1. The minimum absolute atomic E-state index is 0.0792. The highest BCUT2D eigenvalue weighted by molar-refractivity contribution is 5.86. The average molecular weight is 788 g/mol. The number of esters is 4. The molecule has 17 nitrogen and oxygen atoms in total. The van der Waals surface area contributed by atoms with E-state index >= 15 is 0 Å². The molecule has 17 heteroatoms. The summed E-state index contributed by atoms with van der Waals surface area (Å²) in [5.41, 5.74) is 3.85. The van der Waals surface area contributed by atoms with Gasteiger partial charge in [0.1, 0.15) is 39.6 Å². The smallest absolute Gasteiger partial charge is 0.411 e. The van der Waals surface area contributed by atoms with E-state index in [1.54, 1.807) is 66.8 Å². The van der Waals surface area contributed by atoms with Crippen molar-refractivity contribution in [1.29, 1.82) is 0 Å². The van der Waals surface area contributed by atoms with Crippen LogP contribution in [0.25, 0.3) is 18.2 Å². The molecule has 2 N–H and O–H groups in total. The Morgan fingerprint density at radius 3 is 1.00 bits per heavy atom. The summed E-state index contributed by atoms with van der Waals surface area (Å²) in [6.07, 6.45) is 3.24. The van der Waals surface area contributed by atoms with Crippen LogP contribution in [-0.4, -0.2) is 80.6 Å². The van der Waals surface area contributed by atoms with E-state index in [0.717, 1.165) is 0 Å². The Morgan fingerprint density at radius 1 is 0.474 bits per heavy atom. The number of nitro groups is 1. The third-order valence-electron chi connectivity index (χ3n) is 7.15. The number of rotatable bonds is 18. The van der Waals surface area contributed by atoms with Crippen molar-refractivity contribution < 1.29 is 62.1 Å². The number of amides is 2. The molecule has 0 aliphatic heterocycles. The molecular formula is C40H41N3O14. The summed E-state index contributed by atoms with van der Waals surface area (Å²) in [6.45, 7) is 4.07. The molecule has 0 bridgehead atoms. The van der Waals surface area contributed by atoms with Crippen molar-refractivity contribution in [2.24, 2.45) is 0 Å². The van der Waals surface area contributed by atoms with Gasteiger partial charge in [0.15, 0.2) is 0 Å². The van der Waals surface area contributed by atoms with Crippen LogP contribution < -0.4 is 10.6 Å². The highest BCUT2D eigenvalue weighted by Gasteiger charge is 2.12. The van der Waals surface area contributed by atoms with Gasteiger partial charge in [0, 0.05) is 67.9 Å². The molecule has 0 fully saturated rings. The first kappa shape index (κ1) is 44.1. The van der Waals surface area contributed by atoms with Crippen LogP contribution in [0, 0.1) is 10.1 Å². The predicted octanol–water partition coefficient (Wildman–Crippen LogP) is 6.49. The fourth-order valence-electron chi connectivity index (χ4n) is 4.50. The van der Waals surface area contributed by atoms with Gasteiger partial charge < -0.3 is 28.4 Å². The highest BCUT2D eigenvalue weighted by Crippen LogP contribution is 2.18.